The Hall–Kier alpha value is -1.00. The largest absolute Gasteiger partial charge is 0.310 e. The molecule has 0 fully saturated rings. The summed E-state index contributed by atoms with van der Waals surface area (Å²) in [5.41, 5.74) is 2.75. The summed E-state index contributed by atoms with van der Waals surface area (Å²) in [7, 11) is 2.19. The molecule has 1 aliphatic heterocycles. The first-order valence-electron chi connectivity index (χ1n) is 8.60. The van der Waals surface area contributed by atoms with Crippen LogP contribution in [0, 0.1) is 0 Å². The molecule has 1 atom stereocenters. The number of fused-ring (bicyclic) bond motifs is 1. The molecule has 2 aromatic rings. The molecular weight excluding hydrogens is 336 g/mol. The number of nitrogens with zero attached hydrogens (tertiary/aromatic N) is 1. The highest BCUT2D eigenvalue weighted by molar-refractivity contribution is 7.99. The van der Waals surface area contributed by atoms with Gasteiger partial charge in [0.05, 0.1) is 0 Å². The van der Waals surface area contributed by atoms with E-state index in [1.165, 1.54) is 28.2 Å². The van der Waals surface area contributed by atoms with Crippen molar-refractivity contribution in [2.75, 3.05) is 25.9 Å². The third kappa shape index (κ3) is 5.00. The third-order valence-corrected chi connectivity index (χ3v) is 5.77. The van der Waals surface area contributed by atoms with Gasteiger partial charge in [0.2, 0.25) is 0 Å². The second-order valence-corrected chi connectivity index (χ2v) is 7.98. The highest BCUT2D eigenvalue weighted by atomic mass is 35.5. The molecule has 24 heavy (non-hydrogen) atoms. The van der Waals surface area contributed by atoms with Gasteiger partial charge in [0, 0.05) is 22.5 Å². The van der Waals surface area contributed by atoms with E-state index in [4.69, 9.17) is 11.6 Å². The van der Waals surface area contributed by atoms with Gasteiger partial charge in [-0.15, -0.1) is 11.8 Å². The topological polar surface area (TPSA) is 15.3 Å². The molecule has 0 saturated carbocycles. The minimum absolute atomic E-state index is 0.444. The predicted octanol–water partition coefficient (Wildman–Crippen LogP) is 4.99. The van der Waals surface area contributed by atoms with Crippen LogP contribution in [0.15, 0.2) is 53.4 Å². The predicted molar refractivity (Wildman–Crippen MR) is 105 cm³/mol. The Kier molecular flexibility index (Phi) is 6.61. The van der Waals surface area contributed by atoms with Crippen LogP contribution in [-0.4, -0.2) is 30.8 Å². The number of nitrogens with one attached hydrogen (secondary N) is 1. The number of hydrogen-bond donors (Lipinski definition) is 1. The summed E-state index contributed by atoms with van der Waals surface area (Å²) < 4.78 is 0. The maximum Gasteiger partial charge on any atom is 0.0410 e. The van der Waals surface area contributed by atoms with Crippen molar-refractivity contribution >= 4 is 23.4 Å². The monoisotopic (exact) mass is 360 g/mol. The van der Waals surface area contributed by atoms with Crippen LogP contribution in [0.3, 0.4) is 0 Å². The van der Waals surface area contributed by atoms with E-state index in [9.17, 15) is 0 Å². The fourth-order valence-electron chi connectivity index (χ4n) is 3.18. The third-order valence-electron chi connectivity index (χ3n) is 4.41. The summed E-state index contributed by atoms with van der Waals surface area (Å²) >= 11 is 8.12. The van der Waals surface area contributed by atoms with Gasteiger partial charge < -0.3 is 10.2 Å². The van der Waals surface area contributed by atoms with Crippen molar-refractivity contribution in [3.05, 3.63) is 64.7 Å². The number of halogens is 1. The Morgan fingerprint density at radius 1 is 1.21 bits per heavy atom. The lowest BCUT2D eigenvalue weighted by molar-refractivity contribution is 0.316. The lowest BCUT2D eigenvalue weighted by atomic mass is 10.0. The molecule has 2 nitrogen and oxygen atoms in total. The minimum atomic E-state index is 0.444. The number of thioether (sulfide) groups is 1. The molecule has 0 amide bonds. The summed E-state index contributed by atoms with van der Waals surface area (Å²) in [5.74, 6) is 1.18. The van der Waals surface area contributed by atoms with Crippen LogP contribution in [0.1, 0.15) is 30.0 Å². The van der Waals surface area contributed by atoms with E-state index < -0.39 is 0 Å². The summed E-state index contributed by atoms with van der Waals surface area (Å²) in [6.07, 6.45) is 2.33. The van der Waals surface area contributed by atoms with Crippen molar-refractivity contribution < 1.29 is 0 Å². The van der Waals surface area contributed by atoms with Gasteiger partial charge in [-0.25, -0.2) is 0 Å². The van der Waals surface area contributed by atoms with E-state index in [1.54, 1.807) is 0 Å². The lowest BCUT2D eigenvalue weighted by Crippen LogP contribution is -2.28. The van der Waals surface area contributed by atoms with Crippen LogP contribution in [0.2, 0.25) is 5.02 Å². The SMILES string of the molecule is CN(CCCNC1CCSc2ccc(Cl)cc21)Cc1ccccc1. The molecule has 1 N–H and O–H groups in total. The second-order valence-electron chi connectivity index (χ2n) is 6.40. The first-order valence-corrected chi connectivity index (χ1v) is 9.97. The summed E-state index contributed by atoms with van der Waals surface area (Å²) in [6.45, 7) is 3.16. The zero-order valence-electron chi connectivity index (χ0n) is 14.2. The van der Waals surface area contributed by atoms with Crippen LogP contribution in [0.4, 0.5) is 0 Å². The number of benzene rings is 2. The smallest absolute Gasteiger partial charge is 0.0410 e. The zero-order chi connectivity index (χ0) is 16.8. The fraction of sp³-hybridized carbons (Fsp3) is 0.400. The maximum absolute atomic E-state index is 6.18. The van der Waals surface area contributed by atoms with Crippen molar-refractivity contribution in [3.8, 4) is 0 Å². The molecule has 2 aromatic carbocycles. The van der Waals surface area contributed by atoms with Crippen molar-refractivity contribution in [3.63, 3.8) is 0 Å². The lowest BCUT2D eigenvalue weighted by Gasteiger charge is -2.26. The van der Waals surface area contributed by atoms with E-state index in [-0.39, 0.29) is 0 Å². The molecule has 0 spiro atoms. The van der Waals surface area contributed by atoms with E-state index in [0.717, 1.165) is 31.1 Å². The Morgan fingerprint density at radius 3 is 2.88 bits per heavy atom. The van der Waals surface area contributed by atoms with Gasteiger partial charge in [-0.3, -0.25) is 0 Å². The Bertz CT molecular complexity index is 647. The molecule has 0 aliphatic carbocycles. The molecule has 1 aliphatic rings. The van der Waals surface area contributed by atoms with Crippen LogP contribution < -0.4 is 5.32 Å². The Morgan fingerprint density at radius 2 is 2.04 bits per heavy atom. The van der Waals surface area contributed by atoms with Gasteiger partial charge in [0.1, 0.15) is 0 Å². The quantitative estimate of drug-likeness (QED) is 0.700. The maximum atomic E-state index is 6.18. The first-order chi connectivity index (χ1) is 11.7. The molecule has 1 unspecified atom stereocenters. The molecule has 0 saturated heterocycles. The normalized spacial score (nSPS) is 17.0. The fourth-order valence-corrected chi connectivity index (χ4v) is 4.46. The van der Waals surface area contributed by atoms with Gasteiger partial charge in [-0.2, -0.15) is 0 Å². The van der Waals surface area contributed by atoms with Gasteiger partial charge in [0.25, 0.3) is 0 Å². The molecule has 4 heteroatoms. The van der Waals surface area contributed by atoms with Crippen LogP contribution in [0.5, 0.6) is 0 Å². The summed E-state index contributed by atoms with van der Waals surface area (Å²) in [4.78, 5) is 3.77. The molecule has 0 bridgehead atoms. The highest BCUT2D eigenvalue weighted by Gasteiger charge is 2.20. The minimum Gasteiger partial charge on any atom is -0.310 e. The van der Waals surface area contributed by atoms with Gasteiger partial charge >= 0.3 is 0 Å². The van der Waals surface area contributed by atoms with Crippen LogP contribution in [0.25, 0.3) is 0 Å². The highest BCUT2D eigenvalue weighted by Crippen LogP contribution is 2.37. The second kappa shape index (κ2) is 8.91. The number of hydrogen-bond acceptors (Lipinski definition) is 3. The average molecular weight is 361 g/mol. The van der Waals surface area contributed by atoms with Crippen molar-refractivity contribution in [2.45, 2.75) is 30.3 Å². The summed E-state index contributed by atoms with van der Waals surface area (Å²) in [5, 5.41) is 4.56. The van der Waals surface area contributed by atoms with Crippen LogP contribution >= 0.6 is 23.4 Å². The molecule has 128 valence electrons. The van der Waals surface area contributed by atoms with Crippen LogP contribution in [-0.2, 0) is 6.54 Å². The van der Waals surface area contributed by atoms with Gasteiger partial charge in [-0.1, -0.05) is 41.9 Å². The van der Waals surface area contributed by atoms with Gasteiger partial charge in [-0.05, 0) is 68.1 Å². The van der Waals surface area contributed by atoms with E-state index >= 15 is 0 Å². The van der Waals surface area contributed by atoms with E-state index in [2.05, 4.69) is 59.7 Å². The molecule has 1 heterocycles. The summed E-state index contributed by atoms with van der Waals surface area (Å²) in [6, 6.07) is 17.4. The standard InChI is InChI=1S/C20H25ClN2S/c1-23(15-16-6-3-2-4-7-16)12-5-11-22-19-10-13-24-20-9-8-17(21)14-18(19)20/h2-4,6-9,14,19,22H,5,10-13,15H2,1H3. The van der Waals surface area contributed by atoms with Crippen molar-refractivity contribution in [2.24, 2.45) is 0 Å². The van der Waals surface area contributed by atoms with E-state index in [0.29, 0.717) is 6.04 Å². The van der Waals surface area contributed by atoms with Crippen molar-refractivity contribution in [1.29, 1.82) is 0 Å². The van der Waals surface area contributed by atoms with E-state index in [1.807, 2.05) is 17.8 Å². The molecule has 0 aromatic heterocycles. The Labute approximate surface area is 154 Å². The average Bonchev–Trinajstić information content (AvgIpc) is 2.60. The Balaban J connectivity index is 1.43. The van der Waals surface area contributed by atoms with Crippen molar-refractivity contribution in [1.82, 2.24) is 10.2 Å². The molecule has 0 radical (unpaired) electrons. The molecular formula is C20H25ClN2S. The molecule has 3 rings (SSSR count). The first kappa shape index (κ1) is 17.8. The zero-order valence-corrected chi connectivity index (χ0v) is 15.7. The number of rotatable bonds is 7. The van der Waals surface area contributed by atoms with Gasteiger partial charge in [0.15, 0.2) is 0 Å².